The predicted molar refractivity (Wildman–Crippen MR) is 193 cm³/mol. The summed E-state index contributed by atoms with van der Waals surface area (Å²) in [5, 5.41) is 0. The normalized spacial score (nSPS) is 13.9. The van der Waals surface area contributed by atoms with Gasteiger partial charge in [0.2, 0.25) is 0 Å². The largest absolute Gasteiger partial charge is 0.368 e. The van der Waals surface area contributed by atoms with Crippen molar-refractivity contribution in [1.29, 1.82) is 0 Å². The lowest BCUT2D eigenvalue weighted by molar-refractivity contribution is -0.185. The van der Waals surface area contributed by atoms with Gasteiger partial charge in [-0.1, -0.05) is 145 Å². The molecule has 0 N–H and O–H groups in total. The lowest BCUT2D eigenvalue weighted by Gasteiger charge is -2.36. The highest BCUT2D eigenvalue weighted by molar-refractivity contribution is 7.86. The molecule has 5 rings (SSSR count). The van der Waals surface area contributed by atoms with Crippen molar-refractivity contribution in [3.8, 4) is 12.3 Å². The van der Waals surface area contributed by atoms with Crippen LogP contribution >= 0.6 is 0 Å². The minimum Gasteiger partial charge on any atom is -0.368 e. The molecule has 0 aliphatic carbocycles. The first-order valence-corrected chi connectivity index (χ1v) is 17.9. The van der Waals surface area contributed by atoms with Crippen molar-refractivity contribution < 1.29 is 31.5 Å². The van der Waals surface area contributed by atoms with Crippen LogP contribution in [0.3, 0.4) is 0 Å². The maximum absolute atomic E-state index is 13.4. The monoisotopic (exact) mass is 690 g/mol. The van der Waals surface area contributed by atoms with Crippen molar-refractivity contribution in [2.75, 3.05) is 6.61 Å². The number of aryl methyl sites for hydroxylation is 1. The minimum atomic E-state index is -4.16. The van der Waals surface area contributed by atoms with Crippen LogP contribution in [0.4, 0.5) is 0 Å². The summed E-state index contributed by atoms with van der Waals surface area (Å²) in [6.07, 6.45) is 2.46. The van der Waals surface area contributed by atoms with Crippen LogP contribution in [0.1, 0.15) is 27.8 Å². The van der Waals surface area contributed by atoms with E-state index in [1.165, 1.54) is 12.1 Å². The Labute approximate surface area is 295 Å². The van der Waals surface area contributed by atoms with Gasteiger partial charge in [-0.2, -0.15) is 8.42 Å². The summed E-state index contributed by atoms with van der Waals surface area (Å²) in [5.74, 6) is 2.78. The molecule has 0 amide bonds. The third-order valence-corrected chi connectivity index (χ3v) is 9.30. The molecule has 0 unspecified atom stereocenters. The fourth-order valence-electron chi connectivity index (χ4n) is 5.24. The fourth-order valence-corrected chi connectivity index (χ4v) is 6.16. The Morgan fingerprint density at radius 2 is 0.940 bits per heavy atom. The van der Waals surface area contributed by atoms with E-state index in [-0.39, 0.29) is 37.9 Å². The molecule has 0 aliphatic rings. The van der Waals surface area contributed by atoms with Crippen LogP contribution in [0.15, 0.2) is 150 Å². The summed E-state index contributed by atoms with van der Waals surface area (Å²) in [7, 11) is -4.16. The molecule has 5 aromatic carbocycles. The second kappa shape index (κ2) is 19.0. The van der Waals surface area contributed by atoms with E-state index in [2.05, 4.69) is 5.92 Å². The van der Waals surface area contributed by atoms with Crippen LogP contribution in [0, 0.1) is 19.3 Å². The average molecular weight is 691 g/mol. The van der Waals surface area contributed by atoms with E-state index in [1.807, 2.05) is 128 Å². The van der Waals surface area contributed by atoms with Crippen molar-refractivity contribution in [1.82, 2.24) is 0 Å². The highest BCUT2D eigenvalue weighted by Gasteiger charge is 2.39. The van der Waals surface area contributed by atoms with Crippen molar-refractivity contribution in [2.24, 2.45) is 0 Å². The number of hydrogen-bond acceptors (Lipinski definition) is 7. The average Bonchev–Trinajstić information content (AvgIpc) is 3.16. The van der Waals surface area contributed by atoms with E-state index in [0.29, 0.717) is 0 Å². The number of rotatable bonds is 19. The van der Waals surface area contributed by atoms with E-state index in [4.69, 9.17) is 29.6 Å². The Balaban J connectivity index is 1.50. The number of ether oxygens (including phenoxy) is 4. The molecule has 50 heavy (non-hydrogen) atoms. The van der Waals surface area contributed by atoms with Gasteiger partial charge in [0.15, 0.2) is 0 Å². The van der Waals surface area contributed by atoms with Crippen molar-refractivity contribution in [3.63, 3.8) is 0 Å². The van der Waals surface area contributed by atoms with Gasteiger partial charge >= 0.3 is 0 Å². The van der Waals surface area contributed by atoms with E-state index in [0.717, 1.165) is 27.8 Å². The third kappa shape index (κ3) is 11.2. The Morgan fingerprint density at radius 1 is 0.540 bits per heavy atom. The van der Waals surface area contributed by atoms with Gasteiger partial charge in [-0.15, -0.1) is 6.42 Å². The number of hydrogen-bond donors (Lipinski definition) is 0. The number of terminal acetylenes is 1. The zero-order valence-corrected chi connectivity index (χ0v) is 28.9. The predicted octanol–water partition coefficient (Wildman–Crippen LogP) is 7.68. The molecule has 0 heterocycles. The fraction of sp³-hybridized carbons (Fsp3) is 0.238. The molecule has 4 atom stereocenters. The SMILES string of the molecule is C#C[C@H](OCc1ccccc1)[C@@H](OCc1ccccc1)[C@H](OCc1ccccc1)[C@@H](COS(=O)(=O)c1ccc(C)cc1)OCc1ccccc1. The molecule has 0 spiro atoms. The Hall–Kier alpha value is -4.59. The lowest BCUT2D eigenvalue weighted by Crippen LogP contribution is -2.50. The minimum absolute atomic E-state index is 0.0382. The van der Waals surface area contributed by atoms with Crippen LogP contribution in [-0.4, -0.2) is 39.4 Å². The van der Waals surface area contributed by atoms with Gasteiger partial charge in [-0.05, 0) is 41.3 Å². The van der Waals surface area contributed by atoms with Crippen LogP contribution < -0.4 is 0 Å². The Morgan fingerprint density at radius 3 is 1.38 bits per heavy atom. The summed E-state index contributed by atoms with van der Waals surface area (Å²) >= 11 is 0. The summed E-state index contributed by atoms with van der Waals surface area (Å²) in [6.45, 7) is 2.25. The molecule has 0 radical (unpaired) electrons. The van der Waals surface area contributed by atoms with Gasteiger partial charge in [0.05, 0.1) is 37.9 Å². The molecule has 0 fully saturated rings. The van der Waals surface area contributed by atoms with E-state index >= 15 is 0 Å². The molecule has 7 nitrogen and oxygen atoms in total. The topological polar surface area (TPSA) is 80.3 Å². The maximum atomic E-state index is 13.4. The van der Waals surface area contributed by atoms with Crippen LogP contribution in [-0.2, 0) is 59.7 Å². The molecule has 0 bridgehead atoms. The van der Waals surface area contributed by atoms with Crippen molar-refractivity contribution >= 4 is 10.1 Å². The first-order valence-electron chi connectivity index (χ1n) is 16.5. The standard InChI is InChI=1S/C42H42O7S/c1-3-39(45-28-34-16-8-4-9-17-34)41(47-30-36-20-12-6-13-21-36)42(48-31-37-22-14-7-15-23-37)40(46-29-35-18-10-5-11-19-35)32-49-50(43,44)38-26-24-33(2)25-27-38/h1,4-27,39-42H,28-32H2,2H3/t39-,40+,41+,42+/m0/s1. The third-order valence-electron chi connectivity index (χ3n) is 8.00. The molecule has 0 aliphatic heterocycles. The molecule has 8 heteroatoms. The molecule has 5 aromatic rings. The highest BCUT2D eigenvalue weighted by atomic mass is 32.2. The van der Waals surface area contributed by atoms with Gasteiger partial charge < -0.3 is 18.9 Å². The Kier molecular flexibility index (Phi) is 13.9. The Bertz CT molecular complexity index is 1840. The zero-order chi connectivity index (χ0) is 35.0. The van der Waals surface area contributed by atoms with Gasteiger partial charge in [-0.3, -0.25) is 4.18 Å². The first kappa shape index (κ1) is 36.7. The number of benzene rings is 5. The first-order chi connectivity index (χ1) is 24.4. The van der Waals surface area contributed by atoms with Gasteiger partial charge in [-0.25, -0.2) is 0 Å². The van der Waals surface area contributed by atoms with E-state index in [1.54, 1.807) is 12.1 Å². The van der Waals surface area contributed by atoms with Gasteiger partial charge in [0.25, 0.3) is 10.1 Å². The highest BCUT2D eigenvalue weighted by Crippen LogP contribution is 2.25. The molecule has 0 saturated heterocycles. The molecular weight excluding hydrogens is 649 g/mol. The summed E-state index contributed by atoms with van der Waals surface area (Å²) in [4.78, 5) is 0.0382. The van der Waals surface area contributed by atoms with Gasteiger partial charge in [0, 0.05) is 0 Å². The van der Waals surface area contributed by atoms with Gasteiger partial charge in [0.1, 0.15) is 24.4 Å². The molecule has 258 valence electrons. The lowest BCUT2D eigenvalue weighted by atomic mass is 10.0. The summed E-state index contributed by atoms with van der Waals surface area (Å²) in [5.41, 5.74) is 4.56. The van der Waals surface area contributed by atoms with Crippen LogP contribution in [0.2, 0.25) is 0 Å². The smallest absolute Gasteiger partial charge is 0.297 e. The second-order valence-corrected chi connectivity index (χ2v) is 13.4. The van der Waals surface area contributed by atoms with E-state index in [9.17, 15) is 8.42 Å². The summed E-state index contributed by atoms with van der Waals surface area (Å²) < 4.78 is 58.7. The second-order valence-electron chi connectivity index (χ2n) is 11.8. The van der Waals surface area contributed by atoms with Crippen LogP contribution in [0.25, 0.3) is 0 Å². The van der Waals surface area contributed by atoms with Crippen molar-refractivity contribution in [3.05, 3.63) is 173 Å². The molecule has 0 aromatic heterocycles. The zero-order valence-electron chi connectivity index (χ0n) is 28.0. The summed E-state index contributed by atoms with van der Waals surface area (Å²) in [6, 6.07) is 45.1. The maximum Gasteiger partial charge on any atom is 0.297 e. The molecular formula is C42H42O7S. The quantitative estimate of drug-likeness (QED) is 0.0650. The van der Waals surface area contributed by atoms with Crippen LogP contribution in [0.5, 0.6) is 0 Å². The van der Waals surface area contributed by atoms with E-state index < -0.39 is 34.5 Å². The van der Waals surface area contributed by atoms with Crippen molar-refractivity contribution in [2.45, 2.75) is 62.7 Å². The molecule has 0 saturated carbocycles.